The van der Waals surface area contributed by atoms with Gasteiger partial charge in [-0.1, -0.05) is 6.07 Å². The summed E-state index contributed by atoms with van der Waals surface area (Å²) >= 11 is 3.05. The molecule has 1 amide bonds. The highest BCUT2D eigenvalue weighted by atomic mass is 79.9. The van der Waals surface area contributed by atoms with E-state index in [1.807, 2.05) is 0 Å². The molecule has 1 heterocycles. The lowest BCUT2D eigenvalue weighted by Gasteiger charge is -2.10. The highest BCUT2D eigenvalue weighted by Gasteiger charge is 2.31. The third kappa shape index (κ3) is 3.78. The lowest BCUT2D eigenvalue weighted by Crippen LogP contribution is -2.15. The maximum absolute atomic E-state index is 13.5. The summed E-state index contributed by atoms with van der Waals surface area (Å²) in [7, 11) is 0. The number of hydrogen-bond donors (Lipinski definition) is 1. The van der Waals surface area contributed by atoms with E-state index in [2.05, 4.69) is 26.2 Å². The molecule has 0 saturated carbocycles. The van der Waals surface area contributed by atoms with Gasteiger partial charge in [0.15, 0.2) is 0 Å². The molecule has 21 heavy (non-hydrogen) atoms. The molecule has 0 fully saturated rings. The Labute approximate surface area is 125 Å². The minimum atomic E-state index is -4.62. The molecule has 0 radical (unpaired) electrons. The zero-order chi connectivity index (χ0) is 15.6. The Bertz CT molecular complexity index is 688. The molecular weight excluding hydrogens is 356 g/mol. The molecule has 1 aromatic heterocycles. The Kier molecular flexibility index (Phi) is 4.26. The standard InChI is InChI=1S/C13H7BrF4N2O/c14-11-3-1-2-9(19-11)12(21)20-10-6-7(13(16,17)18)4-5-8(10)15/h1-6H,(H,20,21). The van der Waals surface area contributed by atoms with E-state index in [1.54, 1.807) is 6.07 Å². The molecule has 1 aromatic carbocycles. The van der Waals surface area contributed by atoms with Crippen molar-refractivity contribution >= 4 is 27.5 Å². The summed E-state index contributed by atoms with van der Waals surface area (Å²) in [6.07, 6.45) is -4.62. The number of nitrogens with zero attached hydrogens (tertiary/aromatic N) is 1. The van der Waals surface area contributed by atoms with E-state index >= 15 is 0 Å². The van der Waals surface area contributed by atoms with Crippen LogP contribution in [-0.2, 0) is 6.18 Å². The maximum Gasteiger partial charge on any atom is 0.416 e. The second-order valence-electron chi connectivity index (χ2n) is 3.99. The number of halogens is 5. The zero-order valence-electron chi connectivity index (χ0n) is 10.2. The van der Waals surface area contributed by atoms with Crippen molar-refractivity contribution in [2.45, 2.75) is 6.18 Å². The summed E-state index contributed by atoms with van der Waals surface area (Å²) in [5.41, 5.74) is -1.67. The van der Waals surface area contributed by atoms with Gasteiger partial charge in [0.1, 0.15) is 16.1 Å². The second-order valence-corrected chi connectivity index (χ2v) is 4.80. The lowest BCUT2D eigenvalue weighted by molar-refractivity contribution is -0.137. The Hall–Kier alpha value is -1.96. The maximum atomic E-state index is 13.5. The molecule has 2 aromatic rings. The van der Waals surface area contributed by atoms with Gasteiger partial charge in [-0.25, -0.2) is 9.37 Å². The quantitative estimate of drug-likeness (QED) is 0.640. The fraction of sp³-hybridized carbons (Fsp3) is 0.0769. The van der Waals surface area contributed by atoms with Crippen LogP contribution in [0.3, 0.4) is 0 Å². The van der Waals surface area contributed by atoms with Gasteiger partial charge in [0.25, 0.3) is 5.91 Å². The third-order valence-electron chi connectivity index (χ3n) is 2.49. The van der Waals surface area contributed by atoms with Crippen molar-refractivity contribution in [3.8, 4) is 0 Å². The monoisotopic (exact) mass is 362 g/mol. The Morgan fingerprint density at radius 2 is 1.90 bits per heavy atom. The lowest BCUT2D eigenvalue weighted by atomic mass is 10.2. The van der Waals surface area contributed by atoms with Crippen LogP contribution in [0.25, 0.3) is 0 Å². The fourth-order valence-electron chi connectivity index (χ4n) is 1.52. The molecule has 2 rings (SSSR count). The summed E-state index contributed by atoms with van der Waals surface area (Å²) in [5.74, 6) is -1.78. The average molecular weight is 363 g/mol. The largest absolute Gasteiger partial charge is 0.416 e. The molecule has 0 atom stereocenters. The number of aromatic nitrogens is 1. The molecule has 110 valence electrons. The van der Waals surface area contributed by atoms with Crippen LogP contribution in [0.4, 0.5) is 23.2 Å². The second kappa shape index (κ2) is 5.80. The molecule has 0 bridgehead atoms. The van der Waals surface area contributed by atoms with Crippen LogP contribution in [0, 0.1) is 5.82 Å². The first kappa shape index (κ1) is 15.4. The highest BCUT2D eigenvalue weighted by Crippen LogP contribution is 2.31. The summed E-state index contributed by atoms with van der Waals surface area (Å²) < 4.78 is 51.6. The zero-order valence-corrected chi connectivity index (χ0v) is 11.8. The number of carbonyl (C=O) groups excluding carboxylic acids is 1. The molecular formula is C13H7BrF4N2O. The highest BCUT2D eigenvalue weighted by molar-refractivity contribution is 9.10. The topological polar surface area (TPSA) is 42.0 Å². The Morgan fingerprint density at radius 1 is 1.19 bits per heavy atom. The molecule has 0 aliphatic heterocycles. The Balaban J connectivity index is 2.29. The van der Waals surface area contributed by atoms with E-state index in [0.29, 0.717) is 22.8 Å². The number of pyridine rings is 1. The Morgan fingerprint density at radius 3 is 2.52 bits per heavy atom. The summed E-state index contributed by atoms with van der Waals surface area (Å²) in [5, 5.41) is 2.07. The average Bonchev–Trinajstić information content (AvgIpc) is 2.40. The number of rotatable bonds is 2. The van der Waals surface area contributed by atoms with Crippen molar-refractivity contribution < 1.29 is 22.4 Å². The van der Waals surface area contributed by atoms with Gasteiger partial charge < -0.3 is 5.32 Å². The van der Waals surface area contributed by atoms with Crippen molar-refractivity contribution in [2.75, 3.05) is 5.32 Å². The van der Waals surface area contributed by atoms with E-state index in [4.69, 9.17) is 0 Å². The number of amides is 1. The minimum Gasteiger partial charge on any atom is -0.318 e. The van der Waals surface area contributed by atoms with E-state index in [1.165, 1.54) is 12.1 Å². The molecule has 0 unspecified atom stereocenters. The van der Waals surface area contributed by atoms with Crippen LogP contribution in [-0.4, -0.2) is 10.9 Å². The van der Waals surface area contributed by atoms with E-state index in [0.717, 1.165) is 0 Å². The van der Waals surface area contributed by atoms with E-state index in [9.17, 15) is 22.4 Å². The first-order valence-electron chi connectivity index (χ1n) is 5.58. The van der Waals surface area contributed by atoms with Gasteiger partial charge in [-0.3, -0.25) is 4.79 Å². The van der Waals surface area contributed by atoms with Crippen LogP contribution >= 0.6 is 15.9 Å². The smallest absolute Gasteiger partial charge is 0.318 e. The predicted octanol–water partition coefficient (Wildman–Crippen LogP) is 4.25. The van der Waals surface area contributed by atoms with Crippen LogP contribution in [0.1, 0.15) is 16.1 Å². The fourth-order valence-corrected chi connectivity index (χ4v) is 1.86. The van der Waals surface area contributed by atoms with Gasteiger partial charge in [0.05, 0.1) is 11.3 Å². The van der Waals surface area contributed by atoms with Crippen LogP contribution in [0.2, 0.25) is 0 Å². The third-order valence-corrected chi connectivity index (χ3v) is 2.93. The van der Waals surface area contributed by atoms with Gasteiger partial charge in [-0.15, -0.1) is 0 Å². The van der Waals surface area contributed by atoms with Crippen molar-refractivity contribution in [3.63, 3.8) is 0 Å². The number of hydrogen-bond acceptors (Lipinski definition) is 2. The van der Waals surface area contributed by atoms with Crippen molar-refractivity contribution in [3.05, 3.63) is 58.1 Å². The summed E-state index contributed by atoms with van der Waals surface area (Å²) in [4.78, 5) is 15.7. The van der Waals surface area contributed by atoms with Crippen LogP contribution < -0.4 is 5.32 Å². The van der Waals surface area contributed by atoms with Gasteiger partial charge >= 0.3 is 6.18 Å². The van der Waals surface area contributed by atoms with Gasteiger partial charge in [0, 0.05) is 0 Å². The summed E-state index contributed by atoms with van der Waals surface area (Å²) in [6, 6.07) is 6.22. The SMILES string of the molecule is O=C(Nc1cc(C(F)(F)F)ccc1F)c1cccc(Br)n1. The number of nitrogens with one attached hydrogen (secondary N) is 1. The van der Waals surface area contributed by atoms with Crippen molar-refractivity contribution in [2.24, 2.45) is 0 Å². The van der Waals surface area contributed by atoms with E-state index < -0.39 is 29.2 Å². The minimum absolute atomic E-state index is 0.0545. The molecule has 8 heteroatoms. The predicted molar refractivity (Wildman–Crippen MR) is 71.3 cm³/mol. The molecule has 0 aliphatic rings. The number of benzene rings is 1. The van der Waals surface area contributed by atoms with Gasteiger partial charge in [-0.2, -0.15) is 13.2 Å². The number of anilines is 1. The number of carbonyl (C=O) groups is 1. The van der Waals surface area contributed by atoms with Gasteiger partial charge in [0.2, 0.25) is 0 Å². The number of alkyl halides is 3. The molecule has 3 nitrogen and oxygen atoms in total. The first-order chi connectivity index (χ1) is 9.77. The van der Waals surface area contributed by atoms with Crippen molar-refractivity contribution in [1.82, 2.24) is 4.98 Å². The molecule has 0 spiro atoms. The van der Waals surface area contributed by atoms with Crippen LogP contribution in [0.15, 0.2) is 41.0 Å². The normalized spacial score (nSPS) is 11.3. The van der Waals surface area contributed by atoms with E-state index in [-0.39, 0.29) is 5.69 Å². The molecule has 1 N–H and O–H groups in total. The molecule has 0 saturated heterocycles. The molecule has 0 aliphatic carbocycles. The first-order valence-corrected chi connectivity index (χ1v) is 6.37. The van der Waals surface area contributed by atoms with Crippen molar-refractivity contribution in [1.29, 1.82) is 0 Å². The summed E-state index contributed by atoms with van der Waals surface area (Å²) in [6.45, 7) is 0. The van der Waals surface area contributed by atoms with Crippen LogP contribution in [0.5, 0.6) is 0 Å². The van der Waals surface area contributed by atoms with Gasteiger partial charge in [-0.05, 0) is 46.3 Å².